The maximum Gasteiger partial charge on any atom is 0.433 e. The van der Waals surface area contributed by atoms with Gasteiger partial charge in [-0.1, -0.05) is 12.1 Å². The molecule has 0 bridgehead atoms. The molecule has 0 aliphatic carbocycles. The molecule has 0 spiro atoms. The average molecular weight is 294 g/mol. The first-order valence-electron chi connectivity index (χ1n) is 6.15. The highest BCUT2D eigenvalue weighted by Crippen LogP contribution is 2.26. The lowest BCUT2D eigenvalue weighted by Crippen LogP contribution is -2.07. The van der Waals surface area contributed by atoms with Gasteiger partial charge >= 0.3 is 6.18 Å². The molecule has 2 aromatic rings. The third-order valence-electron chi connectivity index (χ3n) is 2.75. The molecule has 2 rings (SSSR count). The molecule has 3 nitrogen and oxygen atoms in total. The number of benzene rings is 1. The van der Waals surface area contributed by atoms with E-state index in [0.717, 1.165) is 23.6 Å². The summed E-state index contributed by atoms with van der Waals surface area (Å²) in [5, 5.41) is 0. The van der Waals surface area contributed by atoms with E-state index in [1.165, 1.54) is 12.3 Å². The number of hydrogen-bond acceptors (Lipinski definition) is 3. The monoisotopic (exact) mass is 294 g/mol. The van der Waals surface area contributed by atoms with E-state index in [-0.39, 0.29) is 0 Å². The van der Waals surface area contributed by atoms with Crippen LogP contribution in [0.3, 0.4) is 0 Å². The van der Waals surface area contributed by atoms with Gasteiger partial charge in [0.1, 0.15) is 11.4 Å². The van der Waals surface area contributed by atoms with Crippen molar-refractivity contribution in [1.29, 1.82) is 0 Å². The summed E-state index contributed by atoms with van der Waals surface area (Å²) in [4.78, 5) is 7.54. The van der Waals surface area contributed by atoms with Crippen molar-refractivity contribution < 1.29 is 17.9 Å². The Morgan fingerprint density at radius 2 is 1.86 bits per heavy atom. The fourth-order valence-electron chi connectivity index (χ4n) is 1.64. The smallest absolute Gasteiger partial charge is 0.433 e. The lowest BCUT2D eigenvalue weighted by molar-refractivity contribution is -0.141. The highest BCUT2D eigenvalue weighted by molar-refractivity contribution is 5.78. The van der Waals surface area contributed by atoms with Crippen LogP contribution in [0, 0.1) is 0 Å². The van der Waals surface area contributed by atoms with Crippen LogP contribution in [0.1, 0.15) is 16.8 Å². The van der Waals surface area contributed by atoms with Crippen molar-refractivity contribution in [2.45, 2.75) is 12.7 Å². The van der Waals surface area contributed by atoms with E-state index < -0.39 is 11.9 Å². The standard InChI is InChI=1S/C15H13F3N2O/c1-21-13-5-2-11(3-6-13)8-19-9-12-4-7-14(20-10-12)15(16,17)18/h2-7,9-10H,8H2,1H3/b19-9+. The topological polar surface area (TPSA) is 34.5 Å². The van der Waals surface area contributed by atoms with Crippen LogP contribution in [0.4, 0.5) is 13.2 Å². The van der Waals surface area contributed by atoms with Crippen molar-refractivity contribution in [2.75, 3.05) is 7.11 Å². The van der Waals surface area contributed by atoms with Gasteiger partial charge in [0, 0.05) is 18.0 Å². The number of pyridine rings is 1. The largest absolute Gasteiger partial charge is 0.497 e. The molecule has 0 N–H and O–H groups in total. The zero-order valence-corrected chi connectivity index (χ0v) is 11.3. The van der Waals surface area contributed by atoms with Crippen molar-refractivity contribution in [3.63, 3.8) is 0 Å². The zero-order valence-electron chi connectivity index (χ0n) is 11.3. The molecule has 1 aromatic heterocycles. The Labute approximate surface area is 120 Å². The maximum absolute atomic E-state index is 12.3. The Bertz CT molecular complexity index is 604. The van der Waals surface area contributed by atoms with Crippen LogP contribution >= 0.6 is 0 Å². The maximum atomic E-state index is 12.3. The van der Waals surface area contributed by atoms with Gasteiger partial charge in [0.05, 0.1) is 13.7 Å². The Morgan fingerprint density at radius 3 is 2.38 bits per heavy atom. The molecule has 0 unspecified atom stereocenters. The van der Waals surface area contributed by atoms with Gasteiger partial charge in [-0.25, -0.2) is 0 Å². The van der Waals surface area contributed by atoms with Crippen LogP contribution in [0.2, 0.25) is 0 Å². The van der Waals surface area contributed by atoms with Crippen LogP contribution in [0.15, 0.2) is 47.6 Å². The second-order valence-electron chi connectivity index (χ2n) is 4.29. The molecule has 0 atom stereocenters. The van der Waals surface area contributed by atoms with E-state index in [0.29, 0.717) is 12.1 Å². The predicted octanol–water partition coefficient (Wildman–Crippen LogP) is 3.73. The summed E-state index contributed by atoms with van der Waals surface area (Å²) in [6, 6.07) is 9.68. The van der Waals surface area contributed by atoms with Gasteiger partial charge in [0.2, 0.25) is 0 Å². The van der Waals surface area contributed by atoms with E-state index in [2.05, 4.69) is 9.98 Å². The summed E-state index contributed by atoms with van der Waals surface area (Å²) in [6.07, 6.45) is -1.77. The summed E-state index contributed by atoms with van der Waals surface area (Å²) in [6.45, 7) is 0.436. The second-order valence-corrected chi connectivity index (χ2v) is 4.29. The third kappa shape index (κ3) is 4.30. The highest BCUT2D eigenvalue weighted by Gasteiger charge is 2.31. The number of halogens is 3. The molecule has 0 aliphatic rings. The number of aliphatic imine (C=N–C) groups is 1. The minimum Gasteiger partial charge on any atom is -0.497 e. The lowest BCUT2D eigenvalue weighted by atomic mass is 10.2. The first-order chi connectivity index (χ1) is 9.99. The third-order valence-corrected chi connectivity index (χ3v) is 2.75. The molecule has 0 fully saturated rings. The van der Waals surface area contributed by atoms with Gasteiger partial charge in [0.15, 0.2) is 0 Å². The quantitative estimate of drug-likeness (QED) is 0.805. The van der Waals surface area contributed by atoms with Gasteiger partial charge in [0.25, 0.3) is 0 Å². The highest BCUT2D eigenvalue weighted by atomic mass is 19.4. The summed E-state index contributed by atoms with van der Waals surface area (Å²) >= 11 is 0. The number of methoxy groups -OCH3 is 1. The molecular weight excluding hydrogens is 281 g/mol. The second kappa shape index (κ2) is 6.39. The van der Waals surface area contributed by atoms with E-state index in [1.807, 2.05) is 24.3 Å². The number of ether oxygens (including phenoxy) is 1. The number of nitrogens with zero attached hydrogens (tertiary/aromatic N) is 2. The van der Waals surface area contributed by atoms with Gasteiger partial charge < -0.3 is 4.74 Å². The van der Waals surface area contributed by atoms with Crippen molar-refractivity contribution in [3.8, 4) is 5.75 Å². The first-order valence-corrected chi connectivity index (χ1v) is 6.15. The molecule has 0 aliphatic heterocycles. The van der Waals surface area contributed by atoms with Gasteiger partial charge in [-0.3, -0.25) is 9.98 Å². The molecule has 21 heavy (non-hydrogen) atoms. The molecule has 1 heterocycles. The van der Waals surface area contributed by atoms with E-state index in [1.54, 1.807) is 7.11 Å². The molecule has 0 saturated heterocycles. The molecule has 6 heteroatoms. The summed E-state index contributed by atoms with van der Waals surface area (Å²) in [5.74, 6) is 0.759. The molecule has 0 radical (unpaired) electrons. The summed E-state index contributed by atoms with van der Waals surface area (Å²) in [5.41, 5.74) is 0.596. The number of aromatic nitrogens is 1. The lowest BCUT2D eigenvalue weighted by Gasteiger charge is -2.04. The molecular formula is C15H13F3N2O. The average Bonchev–Trinajstić information content (AvgIpc) is 2.47. The zero-order chi connectivity index (χ0) is 15.3. The minimum atomic E-state index is -4.42. The van der Waals surface area contributed by atoms with Crippen LogP contribution < -0.4 is 4.74 Å². The fourth-order valence-corrected chi connectivity index (χ4v) is 1.64. The predicted molar refractivity (Wildman–Crippen MR) is 73.5 cm³/mol. The van der Waals surface area contributed by atoms with Crippen LogP contribution in [-0.4, -0.2) is 18.3 Å². The van der Waals surface area contributed by atoms with Crippen LogP contribution in [0.5, 0.6) is 5.75 Å². The first kappa shape index (κ1) is 15.0. The Kier molecular flexibility index (Phi) is 4.57. The number of alkyl halides is 3. The van der Waals surface area contributed by atoms with Crippen molar-refractivity contribution in [3.05, 3.63) is 59.4 Å². The molecule has 0 amide bonds. The molecule has 1 aromatic carbocycles. The SMILES string of the molecule is COc1ccc(C/N=C/c2ccc(C(F)(F)F)nc2)cc1. The van der Waals surface area contributed by atoms with Crippen molar-refractivity contribution in [1.82, 2.24) is 4.98 Å². The molecule has 110 valence electrons. The van der Waals surface area contributed by atoms with Crippen LogP contribution in [-0.2, 0) is 12.7 Å². The van der Waals surface area contributed by atoms with Crippen LogP contribution in [0.25, 0.3) is 0 Å². The number of rotatable bonds is 4. The summed E-state index contributed by atoms with van der Waals surface area (Å²) < 4.78 is 42.1. The van der Waals surface area contributed by atoms with Crippen molar-refractivity contribution in [2.24, 2.45) is 4.99 Å². The van der Waals surface area contributed by atoms with E-state index in [4.69, 9.17) is 4.74 Å². The minimum absolute atomic E-state index is 0.436. The van der Waals surface area contributed by atoms with E-state index >= 15 is 0 Å². The number of hydrogen-bond donors (Lipinski definition) is 0. The van der Waals surface area contributed by atoms with Gasteiger partial charge in [-0.2, -0.15) is 13.2 Å². The Morgan fingerprint density at radius 1 is 1.14 bits per heavy atom. The van der Waals surface area contributed by atoms with E-state index in [9.17, 15) is 13.2 Å². The summed E-state index contributed by atoms with van der Waals surface area (Å²) in [7, 11) is 1.59. The molecule has 0 saturated carbocycles. The van der Waals surface area contributed by atoms with Gasteiger partial charge in [-0.05, 0) is 29.8 Å². The Hall–Kier alpha value is -2.37. The van der Waals surface area contributed by atoms with Gasteiger partial charge in [-0.15, -0.1) is 0 Å². The fraction of sp³-hybridized carbons (Fsp3) is 0.200. The van der Waals surface area contributed by atoms with Crippen molar-refractivity contribution >= 4 is 6.21 Å². The Balaban J connectivity index is 1.97. The normalized spacial score (nSPS) is 11.8.